The summed E-state index contributed by atoms with van der Waals surface area (Å²) >= 11 is 0. The van der Waals surface area contributed by atoms with Crippen LogP contribution in [0.2, 0.25) is 0 Å². The SMILES string of the molecule is CO[C@H]1O[C@H](CO)[C@@H](O)[C@H](O)[C@H]1N=Cc1ccccn1. The average Bonchev–Trinajstić information content (AvgIpc) is 2.49. The van der Waals surface area contributed by atoms with Crippen molar-refractivity contribution >= 4 is 6.21 Å². The fourth-order valence-corrected chi connectivity index (χ4v) is 2.04. The number of nitrogens with zero attached hydrogens (tertiary/aromatic N) is 2. The van der Waals surface area contributed by atoms with Gasteiger partial charge < -0.3 is 24.8 Å². The number of rotatable bonds is 4. The molecule has 0 aliphatic carbocycles. The van der Waals surface area contributed by atoms with Gasteiger partial charge in [-0.15, -0.1) is 0 Å². The molecule has 0 spiro atoms. The van der Waals surface area contributed by atoms with Gasteiger partial charge in [-0.05, 0) is 12.1 Å². The molecule has 0 aromatic carbocycles. The molecule has 1 saturated heterocycles. The minimum absolute atomic E-state index is 0.408. The average molecular weight is 282 g/mol. The fourth-order valence-electron chi connectivity index (χ4n) is 2.04. The first kappa shape index (κ1) is 15.0. The molecule has 2 heterocycles. The molecule has 1 aliphatic rings. The van der Waals surface area contributed by atoms with E-state index in [2.05, 4.69) is 9.98 Å². The molecule has 7 heteroatoms. The first-order chi connectivity index (χ1) is 9.67. The highest BCUT2D eigenvalue weighted by Crippen LogP contribution is 2.23. The van der Waals surface area contributed by atoms with Gasteiger partial charge in [0.25, 0.3) is 0 Å². The molecule has 7 nitrogen and oxygen atoms in total. The van der Waals surface area contributed by atoms with Crippen molar-refractivity contribution in [2.75, 3.05) is 13.7 Å². The number of pyridine rings is 1. The van der Waals surface area contributed by atoms with E-state index in [0.29, 0.717) is 5.69 Å². The Kier molecular flexibility index (Phi) is 5.16. The number of hydrogen-bond donors (Lipinski definition) is 3. The Bertz CT molecular complexity index is 440. The maximum absolute atomic E-state index is 10.1. The molecule has 0 bridgehead atoms. The maximum atomic E-state index is 10.1. The van der Waals surface area contributed by atoms with Crippen molar-refractivity contribution in [3.05, 3.63) is 30.1 Å². The molecule has 0 saturated carbocycles. The number of ether oxygens (including phenoxy) is 2. The molecule has 1 aromatic heterocycles. The number of hydrogen-bond acceptors (Lipinski definition) is 7. The molecule has 20 heavy (non-hydrogen) atoms. The van der Waals surface area contributed by atoms with Crippen molar-refractivity contribution in [2.24, 2.45) is 4.99 Å². The molecule has 0 unspecified atom stereocenters. The summed E-state index contributed by atoms with van der Waals surface area (Å²) in [5, 5.41) is 29.0. The lowest BCUT2D eigenvalue weighted by molar-refractivity contribution is -0.257. The smallest absolute Gasteiger partial charge is 0.182 e. The van der Waals surface area contributed by atoms with Crippen LogP contribution in [-0.2, 0) is 9.47 Å². The van der Waals surface area contributed by atoms with Gasteiger partial charge in [-0.2, -0.15) is 0 Å². The van der Waals surface area contributed by atoms with E-state index in [1.807, 2.05) is 6.07 Å². The third-order valence-corrected chi connectivity index (χ3v) is 3.15. The molecule has 1 aliphatic heterocycles. The fraction of sp³-hybridized carbons (Fsp3) is 0.538. The third kappa shape index (κ3) is 3.20. The van der Waals surface area contributed by atoms with E-state index in [1.165, 1.54) is 13.3 Å². The van der Waals surface area contributed by atoms with Crippen molar-refractivity contribution in [1.29, 1.82) is 0 Å². The highest BCUT2D eigenvalue weighted by Gasteiger charge is 2.44. The van der Waals surface area contributed by atoms with Crippen molar-refractivity contribution in [3.63, 3.8) is 0 Å². The Labute approximate surface area is 116 Å². The van der Waals surface area contributed by atoms with Gasteiger partial charge in [-0.1, -0.05) is 6.07 Å². The van der Waals surface area contributed by atoms with Gasteiger partial charge in [0.2, 0.25) is 0 Å². The molecule has 0 radical (unpaired) electrons. The number of aromatic nitrogens is 1. The van der Waals surface area contributed by atoms with E-state index in [9.17, 15) is 10.2 Å². The van der Waals surface area contributed by atoms with E-state index in [4.69, 9.17) is 14.6 Å². The van der Waals surface area contributed by atoms with Crippen LogP contribution in [0.15, 0.2) is 29.4 Å². The van der Waals surface area contributed by atoms with Gasteiger partial charge in [0.15, 0.2) is 6.29 Å². The van der Waals surface area contributed by atoms with Crippen LogP contribution in [-0.4, -0.2) is 70.9 Å². The molecule has 0 amide bonds. The van der Waals surface area contributed by atoms with E-state index >= 15 is 0 Å². The zero-order valence-electron chi connectivity index (χ0n) is 11.0. The molecule has 3 N–H and O–H groups in total. The zero-order chi connectivity index (χ0) is 14.5. The normalized spacial score (nSPS) is 34.5. The monoisotopic (exact) mass is 282 g/mol. The summed E-state index contributed by atoms with van der Waals surface area (Å²) in [5.74, 6) is 0. The van der Waals surface area contributed by atoms with Crippen LogP contribution in [0.1, 0.15) is 5.69 Å². The van der Waals surface area contributed by atoms with Crippen LogP contribution >= 0.6 is 0 Å². The van der Waals surface area contributed by atoms with E-state index in [-0.39, 0.29) is 0 Å². The number of aliphatic hydroxyl groups is 3. The van der Waals surface area contributed by atoms with Gasteiger partial charge >= 0.3 is 0 Å². The molecule has 1 aromatic rings. The van der Waals surface area contributed by atoms with Gasteiger partial charge in [0.1, 0.15) is 24.4 Å². The maximum Gasteiger partial charge on any atom is 0.182 e. The summed E-state index contributed by atoms with van der Waals surface area (Å²) in [4.78, 5) is 8.25. The Morgan fingerprint density at radius 3 is 2.80 bits per heavy atom. The molecular weight excluding hydrogens is 264 g/mol. The van der Waals surface area contributed by atoms with E-state index in [1.54, 1.807) is 18.3 Å². The quantitative estimate of drug-likeness (QED) is 0.609. The van der Waals surface area contributed by atoms with Crippen molar-refractivity contribution in [2.45, 2.75) is 30.6 Å². The Morgan fingerprint density at radius 1 is 1.40 bits per heavy atom. The lowest BCUT2D eigenvalue weighted by atomic mass is 9.97. The Balaban J connectivity index is 2.14. The lowest BCUT2D eigenvalue weighted by Gasteiger charge is -2.39. The minimum atomic E-state index is -1.22. The molecule has 110 valence electrons. The number of aliphatic imine (C=N–C) groups is 1. The summed E-state index contributed by atoms with van der Waals surface area (Å²) in [7, 11) is 1.41. The molecule has 5 atom stereocenters. The van der Waals surface area contributed by atoms with Crippen molar-refractivity contribution in [3.8, 4) is 0 Å². The lowest BCUT2D eigenvalue weighted by Crippen LogP contribution is -2.58. The second-order valence-electron chi connectivity index (χ2n) is 4.47. The van der Waals surface area contributed by atoms with Crippen molar-refractivity contribution < 1.29 is 24.8 Å². The Morgan fingerprint density at radius 2 is 2.20 bits per heavy atom. The first-order valence-electron chi connectivity index (χ1n) is 6.27. The summed E-state index contributed by atoms with van der Waals surface area (Å²) in [6.45, 7) is -0.408. The van der Waals surface area contributed by atoms with Crippen LogP contribution in [0.5, 0.6) is 0 Å². The van der Waals surface area contributed by atoms with Gasteiger partial charge in [0.05, 0.1) is 12.3 Å². The number of methoxy groups -OCH3 is 1. The van der Waals surface area contributed by atoms with E-state index < -0.39 is 37.3 Å². The summed E-state index contributed by atoms with van der Waals surface area (Å²) in [6, 6.07) is 4.56. The van der Waals surface area contributed by atoms with Crippen LogP contribution < -0.4 is 0 Å². The standard InChI is InChI=1S/C13H18N2O5/c1-19-13-10(12(18)11(17)9(7-16)20-13)15-6-8-4-2-3-5-14-8/h2-6,9-13,16-18H,7H2,1H3/t9-,10-,11-,12-,13+/m1/s1. The number of aliphatic hydroxyl groups excluding tert-OH is 3. The predicted octanol–water partition coefficient (Wildman–Crippen LogP) is -1.05. The summed E-state index contributed by atoms with van der Waals surface area (Å²) < 4.78 is 10.5. The largest absolute Gasteiger partial charge is 0.394 e. The topological polar surface area (TPSA) is 104 Å². The van der Waals surface area contributed by atoms with Crippen LogP contribution in [0, 0.1) is 0 Å². The molecule has 2 rings (SSSR count). The highest BCUT2D eigenvalue weighted by atomic mass is 16.7. The second-order valence-corrected chi connectivity index (χ2v) is 4.47. The molecule has 1 fully saturated rings. The van der Waals surface area contributed by atoms with Gasteiger partial charge in [0, 0.05) is 19.5 Å². The van der Waals surface area contributed by atoms with Crippen LogP contribution in [0.4, 0.5) is 0 Å². The van der Waals surface area contributed by atoms with Gasteiger partial charge in [-0.25, -0.2) is 0 Å². The summed E-state index contributed by atoms with van der Waals surface area (Å²) in [6.07, 6.45) is -1.04. The highest BCUT2D eigenvalue weighted by molar-refractivity contribution is 5.76. The van der Waals surface area contributed by atoms with Gasteiger partial charge in [-0.3, -0.25) is 9.98 Å². The molecular formula is C13H18N2O5. The zero-order valence-corrected chi connectivity index (χ0v) is 11.0. The minimum Gasteiger partial charge on any atom is -0.394 e. The summed E-state index contributed by atoms with van der Waals surface area (Å²) in [5.41, 5.74) is 0.619. The van der Waals surface area contributed by atoms with Crippen molar-refractivity contribution in [1.82, 2.24) is 4.98 Å². The van der Waals surface area contributed by atoms with Crippen LogP contribution in [0.3, 0.4) is 0 Å². The third-order valence-electron chi connectivity index (χ3n) is 3.15. The Hall–Kier alpha value is -1.38. The van der Waals surface area contributed by atoms with Crippen LogP contribution in [0.25, 0.3) is 0 Å². The van der Waals surface area contributed by atoms with E-state index in [0.717, 1.165) is 0 Å². The second kappa shape index (κ2) is 6.87. The predicted molar refractivity (Wildman–Crippen MR) is 70.4 cm³/mol. The first-order valence-corrected chi connectivity index (χ1v) is 6.27.